The van der Waals surface area contributed by atoms with E-state index >= 15 is 0 Å². The number of nitrogens with one attached hydrogen (secondary N) is 1. The average molecular weight is 501 g/mol. The summed E-state index contributed by atoms with van der Waals surface area (Å²) in [6, 6.07) is 20.9. The minimum Gasteiger partial charge on any atom is -0.491 e. The molecule has 37 heavy (non-hydrogen) atoms. The number of ether oxygens (including phenoxy) is 2. The molecule has 0 atom stereocenters. The number of amides is 1. The molecule has 3 aromatic carbocycles. The maximum Gasteiger partial charge on any atom is 0.341 e. The second-order valence-electron chi connectivity index (χ2n) is 9.35. The summed E-state index contributed by atoms with van der Waals surface area (Å²) in [4.78, 5) is 23.8. The Balaban J connectivity index is 1.51. The molecule has 0 radical (unpaired) electrons. The van der Waals surface area contributed by atoms with Gasteiger partial charge >= 0.3 is 5.97 Å². The third-order valence-electron chi connectivity index (χ3n) is 6.23. The summed E-state index contributed by atoms with van der Waals surface area (Å²) < 4.78 is 13.3. The molecule has 0 bridgehead atoms. The minimum absolute atomic E-state index is 0.0878. The molecule has 0 saturated heterocycles. The first-order chi connectivity index (χ1) is 17.7. The van der Waals surface area contributed by atoms with E-state index in [1.54, 1.807) is 6.07 Å². The van der Waals surface area contributed by atoms with E-state index < -0.39 is 5.97 Å². The van der Waals surface area contributed by atoms with Crippen LogP contribution in [0.4, 0.5) is 0 Å². The van der Waals surface area contributed by atoms with Crippen molar-refractivity contribution in [2.45, 2.75) is 46.9 Å². The number of benzene rings is 3. The molecule has 0 spiro atoms. The van der Waals surface area contributed by atoms with Gasteiger partial charge in [-0.15, -0.1) is 0 Å². The molecule has 0 aliphatic heterocycles. The predicted molar refractivity (Wildman–Crippen MR) is 143 cm³/mol. The first-order valence-electron chi connectivity index (χ1n) is 12.3. The number of nitrogens with zero attached hydrogens (tertiary/aromatic N) is 1. The molecule has 0 aliphatic carbocycles. The predicted octanol–water partition coefficient (Wildman–Crippen LogP) is 5.49. The Morgan fingerprint density at radius 1 is 0.946 bits per heavy atom. The van der Waals surface area contributed by atoms with Crippen LogP contribution in [0.5, 0.6) is 11.5 Å². The third kappa shape index (κ3) is 6.30. The number of carbonyl (C=O) groups is 2. The van der Waals surface area contributed by atoms with E-state index in [9.17, 15) is 9.59 Å². The summed E-state index contributed by atoms with van der Waals surface area (Å²) in [5, 5.41) is 12.9. The maximum atomic E-state index is 13.0. The molecule has 2 N–H and O–H groups in total. The number of rotatable bonds is 10. The Hall–Kier alpha value is -4.26. The summed E-state index contributed by atoms with van der Waals surface area (Å²) in [7, 11) is 0. The molecule has 192 valence electrons. The molecule has 7 heteroatoms. The lowest BCUT2D eigenvalue weighted by molar-refractivity contribution is -0.139. The molecule has 4 rings (SSSR count). The van der Waals surface area contributed by atoms with Crippen LogP contribution in [0.1, 0.15) is 46.6 Å². The van der Waals surface area contributed by atoms with Crippen LogP contribution in [-0.2, 0) is 17.9 Å². The minimum atomic E-state index is -1.01. The molecule has 1 amide bonds. The van der Waals surface area contributed by atoms with Crippen LogP contribution in [0, 0.1) is 13.8 Å². The highest BCUT2D eigenvalue weighted by atomic mass is 16.5. The smallest absolute Gasteiger partial charge is 0.341 e. The van der Waals surface area contributed by atoms with Crippen molar-refractivity contribution in [1.82, 2.24) is 9.88 Å². The Labute approximate surface area is 216 Å². The molecule has 0 unspecified atom stereocenters. The van der Waals surface area contributed by atoms with Gasteiger partial charge in [0.25, 0.3) is 5.91 Å². The summed E-state index contributed by atoms with van der Waals surface area (Å²) in [6.45, 7) is 8.71. The third-order valence-corrected chi connectivity index (χ3v) is 6.23. The van der Waals surface area contributed by atoms with Gasteiger partial charge in [0.2, 0.25) is 0 Å². The number of carboxylic acid groups (broad SMARTS) is 1. The van der Waals surface area contributed by atoms with Crippen molar-refractivity contribution in [3.63, 3.8) is 0 Å². The zero-order valence-corrected chi connectivity index (χ0v) is 21.6. The van der Waals surface area contributed by atoms with Crippen LogP contribution in [0.2, 0.25) is 0 Å². The van der Waals surface area contributed by atoms with Crippen LogP contribution in [0.25, 0.3) is 10.9 Å². The first-order valence-corrected chi connectivity index (χ1v) is 12.3. The fourth-order valence-corrected chi connectivity index (χ4v) is 4.34. The SMILES string of the molecule is Cc1c(C)n(Cc2cccc(OCC(=O)O)c2)c2ccc(C(=O)NCc3cccc(OC(C)C)c3)cc12. The van der Waals surface area contributed by atoms with Crippen molar-refractivity contribution in [2.24, 2.45) is 0 Å². The average Bonchev–Trinajstić information content (AvgIpc) is 3.10. The van der Waals surface area contributed by atoms with Crippen molar-refractivity contribution in [3.8, 4) is 11.5 Å². The lowest BCUT2D eigenvalue weighted by Gasteiger charge is -2.12. The largest absolute Gasteiger partial charge is 0.491 e. The lowest BCUT2D eigenvalue weighted by Crippen LogP contribution is -2.22. The van der Waals surface area contributed by atoms with Crippen molar-refractivity contribution >= 4 is 22.8 Å². The van der Waals surface area contributed by atoms with E-state index in [4.69, 9.17) is 14.6 Å². The number of aromatic nitrogens is 1. The van der Waals surface area contributed by atoms with Crippen LogP contribution < -0.4 is 14.8 Å². The summed E-state index contributed by atoms with van der Waals surface area (Å²) in [6.07, 6.45) is 0.0878. The Kier molecular flexibility index (Phi) is 7.82. The van der Waals surface area contributed by atoms with Crippen LogP contribution in [0.3, 0.4) is 0 Å². The Morgan fingerprint density at radius 2 is 1.65 bits per heavy atom. The molecule has 0 aliphatic rings. The van der Waals surface area contributed by atoms with E-state index in [0.29, 0.717) is 24.4 Å². The van der Waals surface area contributed by atoms with Crippen molar-refractivity contribution in [1.29, 1.82) is 0 Å². The number of fused-ring (bicyclic) bond motifs is 1. The van der Waals surface area contributed by atoms with Crippen LogP contribution in [0.15, 0.2) is 66.7 Å². The molecule has 7 nitrogen and oxygen atoms in total. The van der Waals surface area contributed by atoms with Gasteiger partial charge in [0.15, 0.2) is 6.61 Å². The molecule has 4 aromatic rings. The number of aryl methyl sites for hydroxylation is 1. The number of hydrogen-bond donors (Lipinski definition) is 2. The molecule has 1 aromatic heterocycles. The molecule has 0 saturated carbocycles. The molecular weight excluding hydrogens is 468 g/mol. The van der Waals surface area contributed by atoms with Crippen LogP contribution >= 0.6 is 0 Å². The van der Waals surface area contributed by atoms with Crippen molar-refractivity contribution in [2.75, 3.05) is 6.61 Å². The molecule has 0 fully saturated rings. The highest BCUT2D eigenvalue weighted by Gasteiger charge is 2.15. The highest BCUT2D eigenvalue weighted by Crippen LogP contribution is 2.28. The van der Waals surface area contributed by atoms with Gasteiger partial charge in [-0.2, -0.15) is 0 Å². The summed E-state index contributed by atoms with van der Waals surface area (Å²) >= 11 is 0. The van der Waals surface area contributed by atoms with Gasteiger partial charge in [-0.25, -0.2) is 4.79 Å². The number of carbonyl (C=O) groups excluding carboxylic acids is 1. The first kappa shape index (κ1) is 25.8. The van der Waals surface area contributed by atoms with E-state index in [0.717, 1.165) is 39.0 Å². The topological polar surface area (TPSA) is 89.8 Å². The summed E-state index contributed by atoms with van der Waals surface area (Å²) in [5.74, 6) is 0.160. The fraction of sp³-hybridized carbons (Fsp3) is 0.267. The van der Waals surface area contributed by atoms with E-state index in [1.807, 2.05) is 74.5 Å². The van der Waals surface area contributed by atoms with Gasteiger partial charge in [-0.05, 0) is 86.8 Å². The second kappa shape index (κ2) is 11.2. The normalized spacial score (nSPS) is 11.1. The van der Waals surface area contributed by atoms with Gasteiger partial charge in [0.1, 0.15) is 11.5 Å². The quantitative estimate of drug-likeness (QED) is 0.301. The monoisotopic (exact) mass is 500 g/mol. The van der Waals surface area contributed by atoms with Gasteiger partial charge in [0, 0.05) is 35.2 Å². The van der Waals surface area contributed by atoms with Gasteiger partial charge < -0.3 is 24.5 Å². The number of hydrogen-bond acceptors (Lipinski definition) is 4. The van der Waals surface area contributed by atoms with Gasteiger partial charge in [-0.1, -0.05) is 24.3 Å². The number of carboxylic acids is 1. The highest BCUT2D eigenvalue weighted by molar-refractivity contribution is 5.99. The van der Waals surface area contributed by atoms with Gasteiger partial charge in [-0.3, -0.25) is 4.79 Å². The maximum absolute atomic E-state index is 13.0. The van der Waals surface area contributed by atoms with Crippen molar-refractivity contribution in [3.05, 3.63) is 94.7 Å². The Morgan fingerprint density at radius 3 is 2.38 bits per heavy atom. The zero-order valence-electron chi connectivity index (χ0n) is 21.6. The van der Waals surface area contributed by atoms with E-state index in [1.165, 1.54) is 0 Å². The lowest BCUT2D eigenvalue weighted by atomic mass is 10.1. The second-order valence-corrected chi connectivity index (χ2v) is 9.35. The Bertz CT molecular complexity index is 1440. The van der Waals surface area contributed by atoms with E-state index in [-0.39, 0.29) is 18.6 Å². The molecule has 1 heterocycles. The number of aliphatic carboxylic acids is 1. The van der Waals surface area contributed by atoms with Crippen LogP contribution in [-0.4, -0.2) is 34.3 Å². The van der Waals surface area contributed by atoms with Crippen molar-refractivity contribution < 1.29 is 24.2 Å². The van der Waals surface area contributed by atoms with Gasteiger partial charge in [0.05, 0.1) is 6.10 Å². The molecular formula is C30H32N2O5. The fourth-order valence-electron chi connectivity index (χ4n) is 4.34. The zero-order chi connectivity index (χ0) is 26.5. The summed E-state index contributed by atoms with van der Waals surface area (Å²) in [5.41, 5.74) is 5.81. The van der Waals surface area contributed by atoms with E-state index in [2.05, 4.69) is 23.7 Å². The standard InChI is InChI=1S/C30H32N2O5/c1-19(2)37-26-10-5-7-22(13-26)16-31-30(35)24-11-12-28-27(15-24)20(3)21(4)32(28)17-23-8-6-9-25(14-23)36-18-29(33)34/h5-15,19H,16-18H2,1-4H3,(H,31,35)(H,33,34).